The number of aromatic nitrogens is 1. The summed E-state index contributed by atoms with van der Waals surface area (Å²) in [6.07, 6.45) is 1.16. The van der Waals surface area contributed by atoms with E-state index in [1.165, 1.54) is 24.3 Å². The Balaban J connectivity index is 2.58. The molecule has 0 radical (unpaired) electrons. The Bertz CT molecular complexity index is 586. The Kier molecular flexibility index (Phi) is 3.06. The molecule has 1 aromatic heterocycles. The lowest BCUT2D eigenvalue weighted by Crippen LogP contribution is -1.98. The zero-order valence-electron chi connectivity index (χ0n) is 8.52. The topological polar surface area (TPSA) is 50.2 Å². The highest BCUT2D eigenvalue weighted by atomic mass is 35.5. The number of aromatic carboxylic acids is 1. The maximum Gasteiger partial charge on any atom is 0.337 e. The highest BCUT2D eigenvalue weighted by Gasteiger charge is 2.10. The van der Waals surface area contributed by atoms with Crippen molar-refractivity contribution in [3.63, 3.8) is 0 Å². The van der Waals surface area contributed by atoms with Gasteiger partial charge in [-0.25, -0.2) is 14.2 Å². The van der Waals surface area contributed by atoms with Gasteiger partial charge in [-0.05, 0) is 23.8 Å². The zero-order chi connectivity index (χ0) is 12.4. The Morgan fingerprint density at radius 1 is 1.35 bits per heavy atom. The van der Waals surface area contributed by atoms with Gasteiger partial charge in [-0.3, -0.25) is 0 Å². The predicted octanol–water partition coefficient (Wildman–Crippen LogP) is 3.24. The molecule has 0 bridgehead atoms. The van der Waals surface area contributed by atoms with Gasteiger partial charge >= 0.3 is 5.97 Å². The van der Waals surface area contributed by atoms with Gasteiger partial charge in [0.1, 0.15) is 11.0 Å². The summed E-state index contributed by atoms with van der Waals surface area (Å²) in [5.41, 5.74) is 0.894. The normalized spacial score (nSPS) is 10.2. The first-order chi connectivity index (χ1) is 8.08. The molecule has 0 fully saturated rings. The zero-order valence-corrected chi connectivity index (χ0v) is 9.28. The van der Waals surface area contributed by atoms with E-state index in [0.29, 0.717) is 11.1 Å². The van der Waals surface area contributed by atoms with Crippen molar-refractivity contribution < 1.29 is 14.3 Å². The number of carboxylic acids is 1. The number of hydrogen-bond acceptors (Lipinski definition) is 2. The molecule has 1 aromatic carbocycles. The van der Waals surface area contributed by atoms with Crippen molar-refractivity contribution in [2.45, 2.75) is 0 Å². The molecule has 2 rings (SSSR count). The monoisotopic (exact) mass is 251 g/mol. The number of halogens is 2. The molecule has 5 heteroatoms. The summed E-state index contributed by atoms with van der Waals surface area (Å²) < 4.78 is 13.1. The van der Waals surface area contributed by atoms with Crippen LogP contribution in [0.25, 0.3) is 11.1 Å². The molecule has 0 aliphatic carbocycles. The summed E-state index contributed by atoms with van der Waals surface area (Å²) in [4.78, 5) is 14.6. The molecule has 0 spiro atoms. The van der Waals surface area contributed by atoms with Crippen LogP contribution in [-0.4, -0.2) is 16.1 Å². The van der Waals surface area contributed by atoms with E-state index in [0.717, 1.165) is 6.20 Å². The minimum absolute atomic E-state index is 0.00802. The van der Waals surface area contributed by atoms with E-state index in [1.54, 1.807) is 6.07 Å². The van der Waals surface area contributed by atoms with E-state index in [9.17, 15) is 9.18 Å². The fourth-order valence-electron chi connectivity index (χ4n) is 1.42. The lowest BCUT2D eigenvalue weighted by Gasteiger charge is -2.05. The number of pyridine rings is 1. The van der Waals surface area contributed by atoms with E-state index in [2.05, 4.69) is 4.98 Å². The van der Waals surface area contributed by atoms with Gasteiger partial charge in [0.25, 0.3) is 0 Å². The molecule has 86 valence electrons. The van der Waals surface area contributed by atoms with Crippen LogP contribution >= 0.6 is 11.6 Å². The number of carbonyl (C=O) groups is 1. The summed E-state index contributed by atoms with van der Waals surface area (Å²) in [5, 5.41) is 8.98. The van der Waals surface area contributed by atoms with E-state index < -0.39 is 11.8 Å². The molecule has 0 aliphatic heterocycles. The van der Waals surface area contributed by atoms with Crippen molar-refractivity contribution in [1.29, 1.82) is 0 Å². The smallest absolute Gasteiger partial charge is 0.337 e. The number of benzene rings is 1. The van der Waals surface area contributed by atoms with Crippen molar-refractivity contribution in [2.24, 2.45) is 0 Å². The molecule has 0 amide bonds. The van der Waals surface area contributed by atoms with Gasteiger partial charge in [0.15, 0.2) is 0 Å². The van der Waals surface area contributed by atoms with Crippen LogP contribution in [0, 0.1) is 5.82 Å². The van der Waals surface area contributed by atoms with Crippen LogP contribution in [-0.2, 0) is 0 Å². The standard InChI is InChI=1S/C12H7ClFNO2/c13-11-10(5-8(6-15-11)12(16)17)7-2-1-3-9(14)4-7/h1-6H,(H,16,17). The number of nitrogens with zero attached hydrogens (tertiary/aromatic N) is 1. The second kappa shape index (κ2) is 4.51. The van der Waals surface area contributed by atoms with Gasteiger partial charge in [-0.1, -0.05) is 23.7 Å². The average Bonchev–Trinajstić information content (AvgIpc) is 2.29. The molecule has 1 N–H and O–H groups in total. The molecule has 0 unspecified atom stereocenters. The Morgan fingerprint density at radius 2 is 2.12 bits per heavy atom. The van der Waals surface area contributed by atoms with Crippen LogP contribution in [0.5, 0.6) is 0 Å². The van der Waals surface area contributed by atoms with Gasteiger partial charge < -0.3 is 5.11 Å². The lowest BCUT2D eigenvalue weighted by atomic mass is 10.1. The van der Waals surface area contributed by atoms with Crippen molar-refractivity contribution in [3.8, 4) is 11.1 Å². The molecule has 1 heterocycles. The predicted molar refractivity (Wildman–Crippen MR) is 61.6 cm³/mol. The molecular formula is C12H7ClFNO2. The van der Waals surface area contributed by atoms with Gasteiger partial charge in [0.05, 0.1) is 5.56 Å². The van der Waals surface area contributed by atoms with Crippen LogP contribution in [0.3, 0.4) is 0 Å². The fraction of sp³-hybridized carbons (Fsp3) is 0. The minimum Gasteiger partial charge on any atom is -0.478 e. The van der Waals surface area contributed by atoms with Crippen LogP contribution in [0.15, 0.2) is 36.5 Å². The number of carboxylic acid groups (broad SMARTS) is 1. The molecule has 0 saturated carbocycles. The third-order valence-corrected chi connectivity index (χ3v) is 2.52. The van der Waals surface area contributed by atoms with Crippen LogP contribution in [0.1, 0.15) is 10.4 Å². The lowest BCUT2D eigenvalue weighted by molar-refractivity contribution is 0.0696. The molecule has 0 saturated heterocycles. The molecule has 2 aromatic rings. The molecule has 3 nitrogen and oxygen atoms in total. The molecular weight excluding hydrogens is 245 g/mol. The maximum absolute atomic E-state index is 13.1. The highest BCUT2D eigenvalue weighted by Crippen LogP contribution is 2.27. The van der Waals surface area contributed by atoms with Crippen molar-refractivity contribution >= 4 is 17.6 Å². The average molecular weight is 252 g/mol. The van der Waals surface area contributed by atoms with Crippen molar-refractivity contribution in [1.82, 2.24) is 4.98 Å². The molecule has 0 aliphatic rings. The van der Waals surface area contributed by atoms with E-state index in [1.807, 2.05) is 0 Å². The van der Waals surface area contributed by atoms with Gasteiger partial charge in [0, 0.05) is 11.8 Å². The third kappa shape index (κ3) is 2.42. The Hall–Kier alpha value is -1.94. The first kappa shape index (κ1) is 11.5. The first-order valence-electron chi connectivity index (χ1n) is 4.72. The summed E-state index contributed by atoms with van der Waals surface area (Å²) in [5.74, 6) is -1.52. The summed E-state index contributed by atoms with van der Waals surface area (Å²) in [7, 11) is 0. The summed E-state index contributed by atoms with van der Waals surface area (Å²) in [6.45, 7) is 0. The highest BCUT2D eigenvalue weighted by molar-refractivity contribution is 6.32. The van der Waals surface area contributed by atoms with Gasteiger partial charge in [-0.2, -0.15) is 0 Å². The second-order valence-electron chi connectivity index (χ2n) is 3.38. The maximum atomic E-state index is 13.1. The van der Waals surface area contributed by atoms with E-state index >= 15 is 0 Å². The number of hydrogen-bond donors (Lipinski definition) is 1. The number of rotatable bonds is 2. The SMILES string of the molecule is O=C(O)c1cnc(Cl)c(-c2cccc(F)c2)c1. The summed E-state index contributed by atoms with van der Waals surface area (Å²) >= 11 is 5.86. The van der Waals surface area contributed by atoms with Crippen LogP contribution < -0.4 is 0 Å². The van der Waals surface area contributed by atoms with E-state index in [-0.39, 0.29) is 10.7 Å². The van der Waals surface area contributed by atoms with Gasteiger partial charge in [-0.15, -0.1) is 0 Å². The van der Waals surface area contributed by atoms with E-state index in [4.69, 9.17) is 16.7 Å². The quantitative estimate of drug-likeness (QED) is 0.834. The van der Waals surface area contributed by atoms with Crippen LogP contribution in [0.2, 0.25) is 5.15 Å². The third-order valence-electron chi connectivity index (χ3n) is 2.22. The minimum atomic E-state index is -1.10. The first-order valence-corrected chi connectivity index (χ1v) is 5.10. The Morgan fingerprint density at radius 3 is 2.76 bits per heavy atom. The molecule has 0 atom stereocenters. The van der Waals surface area contributed by atoms with Gasteiger partial charge in [0.2, 0.25) is 0 Å². The Labute approximate surface area is 101 Å². The largest absolute Gasteiger partial charge is 0.478 e. The second-order valence-corrected chi connectivity index (χ2v) is 3.74. The van der Waals surface area contributed by atoms with Crippen LogP contribution in [0.4, 0.5) is 4.39 Å². The fourth-order valence-corrected chi connectivity index (χ4v) is 1.64. The summed E-state index contributed by atoms with van der Waals surface area (Å²) in [6, 6.07) is 7.10. The van der Waals surface area contributed by atoms with Crippen molar-refractivity contribution in [2.75, 3.05) is 0 Å². The van der Waals surface area contributed by atoms with Crippen molar-refractivity contribution in [3.05, 3.63) is 53.1 Å². The molecule has 17 heavy (non-hydrogen) atoms.